The van der Waals surface area contributed by atoms with Crippen molar-refractivity contribution in [2.45, 2.75) is 38.8 Å². The van der Waals surface area contributed by atoms with Gasteiger partial charge in [0, 0.05) is 30.7 Å². The Kier molecular flexibility index (Phi) is 12.0. The van der Waals surface area contributed by atoms with Gasteiger partial charge >= 0.3 is 6.09 Å². The number of likely N-dealkylation sites (N-methyl/N-ethyl adjacent to an activating group) is 1. The number of amides is 1. The Morgan fingerprint density at radius 1 is 1.16 bits per heavy atom. The van der Waals surface area contributed by atoms with Crippen molar-refractivity contribution in [2.24, 2.45) is 4.99 Å². The summed E-state index contributed by atoms with van der Waals surface area (Å²) >= 11 is 1.76. The van der Waals surface area contributed by atoms with Crippen LogP contribution in [0.3, 0.4) is 0 Å². The Bertz CT molecular complexity index is 833. The van der Waals surface area contributed by atoms with Gasteiger partial charge in [-0.15, -0.1) is 35.3 Å². The molecule has 1 atom stereocenters. The molecular weight excluding hydrogens is 537 g/mol. The Hall–Kier alpha value is -1.85. The number of anilines is 1. The first-order valence-corrected chi connectivity index (χ1v) is 11.3. The second-order valence-corrected chi connectivity index (χ2v) is 9.43. The minimum Gasteiger partial charge on any atom is -0.444 e. The van der Waals surface area contributed by atoms with Gasteiger partial charge in [0.1, 0.15) is 5.60 Å². The number of rotatable bonds is 8. The van der Waals surface area contributed by atoms with E-state index in [1.54, 1.807) is 18.4 Å². The van der Waals surface area contributed by atoms with E-state index in [1.165, 1.54) is 10.4 Å². The van der Waals surface area contributed by atoms with Crippen molar-refractivity contribution in [3.63, 3.8) is 0 Å². The summed E-state index contributed by atoms with van der Waals surface area (Å²) in [5.74, 6) is 0.784. The molecule has 1 amide bonds. The number of hydrogen-bond acceptors (Lipinski definition) is 5. The summed E-state index contributed by atoms with van der Waals surface area (Å²) in [5, 5.41) is 11.6. The van der Waals surface area contributed by atoms with Crippen LogP contribution in [0.1, 0.15) is 37.3 Å². The zero-order valence-corrected chi connectivity index (χ0v) is 22.9. The van der Waals surface area contributed by atoms with Crippen LogP contribution in [-0.2, 0) is 11.2 Å². The fraction of sp³-hybridized carbons (Fsp3) is 0.478. The minimum atomic E-state index is -0.515. The maximum Gasteiger partial charge on any atom is 0.412 e. The zero-order valence-electron chi connectivity index (χ0n) is 19.8. The second-order valence-electron chi connectivity index (χ2n) is 8.45. The standard InChI is InChI=1S/C23H35N5O2S.HI/c1-23(2,3)30-22(29)27-18-11-9-17(10-12-18)13-14-25-21(24-4)26-16-19(28(5)6)20-8-7-15-31-20;/h7-12,15,19H,13-14,16H2,1-6H3,(H,27,29)(H2,24,25,26);1H. The summed E-state index contributed by atoms with van der Waals surface area (Å²) in [5.41, 5.74) is 1.37. The molecule has 32 heavy (non-hydrogen) atoms. The molecule has 2 aromatic rings. The Morgan fingerprint density at radius 2 is 1.84 bits per heavy atom. The lowest BCUT2D eigenvalue weighted by molar-refractivity contribution is 0.0636. The predicted molar refractivity (Wildman–Crippen MR) is 146 cm³/mol. The molecule has 1 unspecified atom stereocenters. The third kappa shape index (κ3) is 10.2. The molecule has 178 valence electrons. The molecule has 9 heteroatoms. The van der Waals surface area contributed by atoms with Crippen LogP contribution in [0, 0.1) is 0 Å². The number of benzene rings is 1. The SMILES string of the molecule is CN=C(NCCc1ccc(NC(=O)OC(C)(C)C)cc1)NCC(c1cccs1)N(C)C.I. The van der Waals surface area contributed by atoms with Crippen LogP contribution >= 0.6 is 35.3 Å². The van der Waals surface area contributed by atoms with Gasteiger partial charge in [-0.3, -0.25) is 10.3 Å². The van der Waals surface area contributed by atoms with E-state index in [2.05, 4.69) is 57.5 Å². The number of hydrogen-bond donors (Lipinski definition) is 3. The highest BCUT2D eigenvalue weighted by atomic mass is 127. The third-order valence-electron chi connectivity index (χ3n) is 4.49. The molecule has 0 aliphatic carbocycles. The van der Waals surface area contributed by atoms with Crippen molar-refractivity contribution in [1.29, 1.82) is 0 Å². The summed E-state index contributed by atoms with van der Waals surface area (Å²) in [6.07, 6.45) is 0.394. The average molecular weight is 574 g/mol. The van der Waals surface area contributed by atoms with E-state index >= 15 is 0 Å². The molecule has 3 N–H and O–H groups in total. The van der Waals surface area contributed by atoms with Crippen LogP contribution in [0.4, 0.5) is 10.5 Å². The smallest absolute Gasteiger partial charge is 0.412 e. The molecule has 1 heterocycles. The predicted octanol–water partition coefficient (Wildman–Crippen LogP) is 4.72. The first-order chi connectivity index (χ1) is 14.7. The number of ether oxygens (including phenoxy) is 1. The van der Waals surface area contributed by atoms with Crippen molar-refractivity contribution in [2.75, 3.05) is 39.5 Å². The first-order valence-electron chi connectivity index (χ1n) is 10.4. The summed E-state index contributed by atoms with van der Waals surface area (Å²) in [6, 6.07) is 12.3. The molecule has 0 spiro atoms. The number of thiophene rings is 1. The van der Waals surface area contributed by atoms with Gasteiger partial charge in [0.25, 0.3) is 0 Å². The Labute approximate surface area is 213 Å². The van der Waals surface area contributed by atoms with Crippen molar-refractivity contribution in [1.82, 2.24) is 15.5 Å². The van der Waals surface area contributed by atoms with Crippen LogP contribution in [0.5, 0.6) is 0 Å². The highest BCUT2D eigenvalue weighted by Gasteiger charge is 2.16. The van der Waals surface area contributed by atoms with Crippen LogP contribution in [0.2, 0.25) is 0 Å². The van der Waals surface area contributed by atoms with Crippen LogP contribution in [0.15, 0.2) is 46.8 Å². The largest absolute Gasteiger partial charge is 0.444 e. The molecule has 0 saturated heterocycles. The summed E-state index contributed by atoms with van der Waals surface area (Å²) < 4.78 is 5.27. The number of carbonyl (C=O) groups excluding carboxylic acids is 1. The quantitative estimate of drug-likeness (QED) is 0.242. The number of carbonyl (C=O) groups is 1. The van der Waals surface area contributed by atoms with E-state index in [-0.39, 0.29) is 24.0 Å². The monoisotopic (exact) mass is 573 g/mol. The fourth-order valence-electron chi connectivity index (χ4n) is 2.93. The van der Waals surface area contributed by atoms with E-state index in [4.69, 9.17) is 4.74 Å². The van der Waals surface area contributed by atoms with Gasteiger partial charge < -0.3 is 20.3 Å². The lowest BCUT2D eigenvalue weighted by Crippen LogP contribution is -2.42. The van der Waals surface area contributed by atoms with Gasteiger partial charge in [-0.05, 0) is 70.4 Å². The normalized spacial score (nSPS) is 12.7. The molecule has 0 saturated carbocycles. The second kappa shape index (κ2) is 13.6. The molecule has 0 bridgehead atoms. The molecule has 0 fully saturated rings. The Morgan fingerprint density at radius 3 is 2.38 bits per heavy atom. The maximum absolute atomic E-state index is 11.9. The molecule has 7 nitrogen and oxygen atoms in total. The maximum atomic E-state index is 11.9. The molecular formula is C23H36IN5O2S. The Balaban J connectivity index is 0.00000512. The molecule has 0 aliphatic heterocycles. The summed E-state index contributed by atoms with van der Waals surface area (Å²) in [4.78, 5) is 19.7. The van der Waals surface area contributed by atoms with Gasteiger partial charge in [0.2, 0.25) is 0 Å². The van der Waals surface area contributed by atoms with Crippen LogP contribution < -0.4 is 16.0 Å². The third-order valence-corrected chi connectivity index (χ3v) is 5.46. The van der Waals surface area contributed by atoms with Gasteiger partial charge in [-0.25, -0.2) is 4.79 Å². The van der Waals surface area contributed by atoms with Crippen LogP contribution in [0.25, 0.3) is 0 Å². The number of aliphatic imine (C=N–C) groups is 1. The van der Waals surface area contributed by atoms with E-state index in [1.807, 2.05) is 45.0 Å². The van der Waals surface area contributed by atoms with Crippen molar-refractivity contribution in [3.05, 3.63) is 52.2 Å². The molecule has 1 aromatic carbocycles. The number of guanidine groups is 1. The number of nitrogens with one attached hydrogen (secondary N) is 3. The zero-order chi connectivity index (χ0) is 22.9. The number of halogens is 1. The van der Waals surface area contributed by atoms with Gasteiger partial charge in [-0.2, -0.15) is 0 Å². The van der Waals surface area contributed by atoms with Crippen LogP contribution in [-0.4, -0.2) is 56.8 Å². The van der Waals surface area contributed by atoms with E-state index in [0.717, 1.165) is 25.5 Å². The van der Waals surface area contributed by atoms with Crippen molar-refractivity contribution in [3.8, 4) is 0 Å². The molecule has 2 rings (SSSR count). The van der Waals surface area contributed by atoms with E-state index < -0.39 is 11.7 Å². The van der Waals surface area contributed by atoms with E-state index in [0.29, 0.717) is 11.7 Å². The minimum absolute atomic E-state index is 0. The lowest BCUT2D eigenvalue weighted by Gasteiger charge is -2.24. The molecule has 0 aliphatic rings. The fourth-order valence-corrected chi connectivity index (χ4v) is 3.86. The first kappa shape index (κ1) is 28.2. The van der Waals surface area contributed by atoms with Gasteiger partial charge in [0.05, 0.1) is 6.04 Å². The highest BCUT2D eigenvalue weighted by Crippen LogP contribution is 2.22. The van der Waals surface area contributed by atoms with Crippen molar-refractivity contribution < 1.29 is 9.53 Å². The van der Waals surface area contributed by atoms with Gasteiger partial charge in [-0.1, -0.05) is 18.2 Å². The highest BCUT2D eigenvalue weighted by molar-refractivity contribution is 14.0. The summed E-state index contributed by atoms with van der Waals surface area (Å²) in [6.45, 7) is 7.05. The van der Waals surface area contributed by atoms with E-state index in [9.17, 15) is 4.79 Å². The van der Waals surface area contributed by atoms with Gasteiger partial charge in [0.15, 0.2) is 5.96 Å². The van der Waals surface area contributed by atoms with Crippen molar-refractivity contribution >= 4 is 53.1 Å². The topological polar surface area (TPSA) is 78.0 Å². The summed E-state index contributed by atoms with van der Waals surface area (Å²) in [7, 11) is 5.95. The molecule has 1 aromatic heterocycles. The lowest BCUT2D eigenvalue weighted by atomic mass is 10.1. The average Bonchev–Trinajstić information content (AvgIpc) is 3.20. The number of nitrogens with zero attached hydrogens (tertiary/aromatic N) is 2. The molecule has 0 radical (unpaired) electrons.